The van der Waals surface area contributed by atoms with Gasteiger partial charge in [-0.1, -0.05) is 6.92 Å². The summed E-state index contributed by atoms with van der Waals surface area (Å²) in [6.45, 7) is 5.36. The van der Waals surface area contributed by atoms with Crippen molar-refractivity contribution in [1.29, 1.82) is 0 Å². The van der Waals surface area contributed by atoms with Crippen LogP contribution in [0.15, 0.2) is 0 Å². The van der Waals surface area contributed by atoms with Crippen LogP contribution in [-0.4, -0.2) is 94.2 Å². The molecule has 1 saturated heterocycles. The number of hydrogen-bond acceptors (Lipinski definition) is 7. The Morgan fingerprint density at radius 3 is 2.41 bits per heavy atom. The van der Waals surface area contributed by atoms with Crippen LogP contribution < -0.4 is 5.32 Å². The lowest BCUT2D eigenvalue weighted by Crippen LogP contribution is -2.34. The fourth-order valence-electron chi connectivity index (χ4n) is 2.36. The molecule has 3 amide bonds. The Bertz CT molecular complexity index is 469. The zero-order valence-electron chi connectivity index (χ0n) is 16.4. The maximum absolute atomic E-state index is 12.2. The molecule has 0 spiro atoms. The van der Waals surface area contributed by atoms with Gasteiger partial charge >= 0.3 is 0 Å². The van der Waals surface area contributed by atoms with Gasteiger partial charge in [-0.15, -0.1) is 11.8 Å². The van der Waals surface area contributed by atoms with Crippen molar-refractivity contribution >= 4 is 37.3 Å². The van der Waals surface area contributed by atoms with Crippen LogP contribution in [-0.2, 0) is 28.6 Å². The molecule has 1 N–H and O–H groups in total. The molecule has 0 aliphatic carbocycles. The van der Waals surface area contributed by atoms with Crippen LogP contribution in [0.5, 0.6) is 0 Å². The Labute approximate surface area is 166 Å². The summed E-state index contributed by atoms with van der Waals surface area (Å²) >= 11 is 1.56. The largest absolute Gasteiger partial charge is 0.377 e. The van der Waals surface area contributed by atoms with Crippen molar-refractivity contribution in [3.63, 3.8) is 0 Å². The third-order valence-electron chi connectivity index (χ3n) is 3.82. The molecule has 0 saturated carbocycles. The maximum atomic E-state index is 12.2. The van der Waals surface area contributed by atoms with Crippen molar-refractivity contribution in [2.75, 3.05) is 58.5 Å². The molecule has 154 valence electrons. The Balaban J connectivity index is 1.93. The van der Waals surface area contributed by atoms with Crippen LogP contribution in [0, 0.1) is 0 Å². The van der Waals surface area contributed by atoms with Crippen LogP contribution in [0.25, 0.3) is 0 Å². The van der Waals surface area contributed by atoms with E-state index < -0.39 is 0 Å². The summed E-state index contributed by atoms with van der Waals surface area (Å²) in [7, 11) is 1.80. The lowest BCUT2D eigenvalue weighted by Gasteiger charge is -2.15. The molecule has 0 bridgehead atoms. The molecule has 1 atom stereocenters. The predicted octanol–water partition coefficient (Wildman–Crippen LogP) is -0.525. The molecular weight excluding hydrogens is 371 g/mol. The second kappa shape index (κ2) is 14.9. The third kappa shape index (κ3) is 10.1. The molecule has 1 aliphatic heterocycles. The average Bonchev–Trinajstić information content (AvgIpc) is 2.94. The van der Waals surface area contributed by atoms with Gasteiger partial charge in [0.25, 0.3) is 0 Å². The summed E-state index contributed by atoms with van der Waals surface area (Å²) in [5.74, 6) is 0.702. The fourth-order valence-corrected chi connectivity index (χ4v) is 3.41. The molecule has 27 heavy (non-hydrogen) atoms. The minimum atomic E-state index is -0.226. The number of carbonyl (C=O) groups is 3. The van der Waals surface area contributed by atoms with Crippen molar-refractivity contribution in [1.82, 2.24) is 10.2 Å². The van der Waals surface area contributed by atoms with Crippen molar-refractivity contribution in [3.8, 4) is 0 Å². The highest BCUT2D eigenvalue weighted by Crippen LogP contribution is 2.25. The quantitative estimate of drug-likeness (QED) is 0.211. The highest BCUT2D eigenvalue weighted by molar-refractivity contribution is 8.00. The van der Waals surface area contributed by atoms with Gasteiger partial charge < -0.3 is 19.5 Å². The number of hydrogen-bond donors (Lipinski definition) is 1. The van der Waals surface area contributed by atoms with E-state index in [0.29, 0.717) is 65.5 Å². The fraction of sp³-hybridized carbons (Fsp3) is 0.824. The number of rotatable bonds is 16. The summed E-state index contributed by atoms with van der Waals surface area (Å²) < 4.78 is 16.1. The molecule has 8 nitrogen and oxygen atoms in total. The van der Waals surface area contributed by atoms with Gasteiger partial charge in [0.05, 0.1) is 51.4 Å². The van der Waals surface area contributed by atoms with Gasteiger partial charge in [0.2, 0.25) is 17.7 Å². The van der Waals surface area contributed by atoms with Gasteiger partial charge in [-0.2, -0.15) is 0 Å². The Hall–Kier alpha value is -1.10. The van der Waals surface area contributed by atoms with Crippen molar-refractivity contribution in [2.24, 2.45) is 0 Å². The smallest absolute Gasteiger partial charge is 0.242 e. The van der Waals surface area contributed by atoms with E-state index in [0.717, 1.165) is 12.2 Å². The molecule has 0 aromatic heterocycles. The van der Waals surface area contributed by atoms with Crippen LogP contribution >= 0.6 is 11.8 Å². The highest BCUT2D eigenvalue weighted by atomic mass is 32.2. The number of amides is 3. The van der Waals surface area contributed by atoms with Crippen molar-refractivity contribution < 1.29 is 28.6 Å². The van der Waals surface area contributed by atoms with E-state index in [1.807, 2.05) is 0 Å². The monoisotopic (exact) mass is 402 g/mol. The molecule has 0 radical (unpaired) electrons. The molecule has 1 rings (SSSR count). The maximum Gasteiger partial charge on any atom is 0.242 e. The number of carbonyl (C=O) groups excluding carboxylic acids is 3. The third-order valence-corrected chi connectivity index (χ3v) is 5.23. The van der Waals surface area contributed by atoms with Crippen LogP contribution in [0.2, 0.25) is 6.32 Å². The number of nitrogens with zero attached hydrogens (tertiary/aromatic N) is 1. The van der Waals surface area contributed by atoms with Gasteiger partial charge in [-0.3, -0.25) is 19.3 Å². The molecule has 0 aromatic carbocycles. The van der Waals surface area contributed by atoms with E-state index in [1.165, 1.54) is 4.90 Å². The van der Waals surface area contributed by atoms with Gasteiger partial charge in [0.1, 0.15) is 7.85 Å². The van der Waals surface area contributed by atoms with Crippen LogP contribution in [0.1, 0.15) is 19.8 Å². The number of ether oxygens (including phenoxy) is 3. The average molecular weight is 402 g/mol. The summed E-state index contributed by atoms with van der Waals surface area (Å²) in [6.07, 6.45) is 1.77. The lowest BCUT2D eigenvalue weighted by atomic mass is 10.1. The number of nitrogens with one attached hydrogen (secondary N) is 1. The topological polar surface area (TPSA) is 94.2 Å². The van der Waals surface area contributed by atoms with E-state index in [1.54, 1.807) is 19.6 Å². The summed E-state index contributed by atoms with van der Waals surface area (Å²) in [5, 5.41) is 2.50. The second-order valence-corrected chi connectivity index (χ2v) is 7.30. The minimum Gasteiger partial charge on any atom is -0.377 e. The van der Waals surface area contributed by atoms with Crippen LogP contribution in [0.3, 0.4) is 0 Å². The SMILES string of the molecule is BCC(=O)NCCOCCOCCOCCN1C(=O)CC(SCCC)C1=O. The normalized spacial score (nSPS) is 16.9. The molecule has 0 aromatic rings. The van der Waals surface area contributed by atoms with Crippen molar-refractivity contribution in [2.45, 2.75) is 31.3 Å². The number of thioether (sulfide) groups is 1. The summed E-state index contributed by atoms with van der Waals surface area (Å²) in [5.41, 5.74) is 0. The zero-order valence-corrected chi connectivity index (χ0v) is 17.2. The first-order chi connectivity index (χ1) is 13.1. The molecule has 10 heteroatoms. The molecule has 1 aliphatic rings. The Morgan fingerprint density at radius 2 is 1.78 bits per heavy atom. The zero-order chi connectivity index (χ0) is 19.9. The Kier molecular flexibility index (Phi) is 13.2. The highest BCUT2D eigenvalue weighted by Gasteiger charge is 2.38. The molecule has 1 unspecified atom stereocenters. The molecule has 1 fully saturated rings. The molecular formula is C17H31BN2O6S. The van der Waals surface area contributed by atoms with Gasteiger partial charge in [0, 0.05) is 13.0 Å². The van der Waals surface area contributed by atoms with Gasteiger partial charge in [-0.05, 0) is 18.5 Å². The van der Waals surface area contributed by atoms with E-state index in [9.17, 15) is 14.4 Å². The first-order valence-corrected chi connectivity index (χ1v) is 10.6. The van der Waals surface area contributed by atoms with E-state index >= 15 is 0 Å². The number of imide groups is 1. The Morgan fingerprint density at radius 1 is 1.15 bits per heavy atom. The number of likely N-dealkylation sites (tertiary alicyclic amines) is 1. The van der Waals surface area contributed by atoms with E-state index in [2.05, 4.69) is 12.2 Å². The predicted molar refractivity (Wildman–Crippen MR) is 107 cm³/mol. The summed E-state index contributed by atoms with van der Waals surface area (Å²) in [6, 6.07) is 0. The van der Waals surface area contributed by atoms with Crippen LogP contribution in [0.4, 0.5) is 0 Å². The van der Waals surface area contributed by atoms with E-state index in [4.69, 9.17) is 14.2 Å². The minimum absolute atomic E-state index is 0.0135. The first kappa shape index (κ1) is 23.9. The molecule has 1 heterocycles. The lowest BCUT2D eigenvalue weighted by molar-refractivity contribution is -0.139. The standard InChI is InChI=1S/C17H31BN2O6S/c1-2-11-27-14-12-16(22)20(17(14)23)4-6-25-8-10-26-9-7-24-5-3-19-15(21)13-18/h14H,2-13,18H2,1H3,(H,19,21). The first-order valence-electron chi connectivity index (χ1n) is 9.55. The second-order valence-electron chi connectivity index (χ2n) is 5.99. The van der Waals surface area contributed by atoms with Gasteiger partial charge in [0.15, 0.2) is 0 Å². The van der Waals surface area contributed by atoms with E-state index in [-0.39, 0.29) is 23.0 Å². The van der Waals surface area contributed by atoms with Gasteiger partial charge in [-0.25, -0.2) is 0 Å². The summed E-state index contributed by atoms with van der Waals surface area (Å²) in [4.78, 5) is 36.4. The van der Waals surface area contributed by atoms with Crippen molar-refractivity contribution in [3.05, 3.63) is 0 Å².